The van der Waals surface area contributed by atoms with Crippen molar-refractivity contribution < 1.29 is 13.9 Å². The molecule has 0 bridgehead atoms. The van der Waals surface area contributed by atoms with Gasteiger partial charge in [-0.3, -0.25) is 0 Å². The zero-order chi connectivity index (χ0) is 16.4. The first-order valence-electron chi connectivity index (χ1n) is 7.53. The first-order chi connectivity index (χ1) is 11.8. The zero-order valence-electron chi connectivity index (χ0n) is 12.7. The molecule has 4 rings (SSSR count). The molecule has 0 N–H and O–H groups in total. The molecule has 116 valence electrons. The minimum Gasteiger partial charge on any atom is -0.436 e. The average Bonchev–Trinajstić information content (AvgIpc) is 3.07. The quantitative estimate of drug-likeness (QED) is 0.406. The van der Waals surface area contributed by atoms with Gasteiger partial charge in [0.25, 0.3) is 0 Å². The van der Waals surface area contributed by atoms with Gasteiger partial charge in [0.15, 0.2) is 5.58 Å². The summed E-state index contributed by atoms with van der Waals surface area (Å²) in [5.41, 5.74) is 2.58. The van der Waals surface area contributed by atoms with Crippen LogP contribution in [-0.4, -0.2) is 11.0 Å². The van der Waals surface area contributed by atoms with Gasteiger partial charge in [-0.05, 0) is 36.4 Å². The van der Waals surface area contributed by atoms with Gasteiger partial charge in [-0.25, -0.2) is 9.78 Å². The molecule has 0 amide bonds. The maximum Gasteiger partial charge on any atom is 0.343 e. The molecule has 24 heavy (non-hydrogen) atoms. The van der Waals surface area contributed by atoms with E-state index in [1.807, 2.05) is 42.5 Å². The molecule has 4 heteroatoms. The predicted molar refractivity (Wildman–Crippen MR) is 90.8 cm³/mol. The molecule has 4 aromatic rings. The zero-order valence-corrected chi connectivity index (χ0v) is 12.7. The summed E-state index contributed by atoms with van der Waals surface area (Å²) in [4.78, 5) is 16.8. The highest BCUT2D eigenvalue weighted by Gasteiger charge is 2.16. The smallest absolute Gasteiger partial charge is 0.343 e. The molecular weight excluding hydrogens is 302 g/mol. The summed E-state index contributed by atoms with van der Waals surface area (Å²) in [6, 6.07) is 23.6. The number of carbonyl (C=O) groups excluding carboxylic acids is 1. The summed E-state index contributed by atoms with van der Waals surface area (Å²) in [7, 11) is 0. The highest BCUT2D eigenvalue weighted by atomic mass is 16.5. The molecule has 0 aliphatic rings. The second-order valence-corrected chi connectivity index (χ2v) is 5.24. The monoisotopic (exact) mass is 315 g/mol. The van der Waals surface area contributed by atoms with E-state index in [1.54, 1.807) is 36.4 Å². The summed E-state index contributed by atoms with van der Waals surface area (Å²) in [6.07, 6.45) is 0. The molecule has 0 saturated carbocycles. The molecule has 0 fully saturated rings. The Kier molecular flexibility index (Phi) is 3.56. The number of aromatic nitrogens is 1. The minimum atomic E-state index is -0.417. The van der Waals surface area contributed by atoms with Crippen molar-refractivity contribution in [2.45, 2.75) is 0 Å². The fraction of sp³-hybridized carbons (Fsp3) is 0. The van der Waals surface area contributed by atoms with Crippen LogP contribution >= 0.6 is 0 Å². The number of hydrogen-bond acceptors (Lipinski definition) is 4. The highest BCUT2D eigenvalue weighted by molar-refractivity contribution is 5.92. The Labute approximate surface area is 138 Å². The van der Waals surface area contributed by atoms with Crippen LogP contribution in [0.5, 0.6) is 5.75 Å². The number of benzene rings is 3. The van der Waals surface area contributed by atoms with Crippen LogP contribution in [-0.2, 0) is 0 Å². The molecule has 0 unspecified atom stereocenters. The van der Waals surface area contributed by atoms with Crippen LogP contribution in [0.4, 0.5) is 0 Å². The lowest BCUT2D eigenvalue weighted by atomic mass is 10.2. The van der Waals surface area contributed by atoms with Gasteiger partial charge >= 0.3 is 5.97 Å². The summed E-state index contributed by atoms with van der Waals surface area (Å²) in [6.45, 7) is 0. The van der Waals surface area contributed by atoms with Crippen molar-refractivity contribution in [2.75, 3.05) is 0 Å². The molecule has 4 nitrogen and oxygen atoms in total. The van der Waals surface area contributed by atoms with Gasteiger partial charge in [0.1, 0.15) is 11.3 Å². The highest BCUT2D eigenvalue weighted by Crippen LogP contribution is 2.32. The number of esters is 1. The van der Waals surface area contributed by atoms with Crippen molar-refractivity contribution in [3.05, 3.63) is 84.4 Å². The van der Waals surface area contributed by atoms with Gasteiger partial charge in [-0.15, -0.1) is 0 Å². The second kappa shape index (κ2) is 6.01. The van der Waals surface area contributed by atoms with E-state index in [2.05, 4.69) is 4.98 Å². The van der Waals surface area contributed by atoms with Crippen molar-refractivity contribution >= 4 is 17.1 Å². The van der Waals surface area contributed by atoms with E-state index in [0.717, 1.165) is 5.52 Å². The summed E-state index contributed by atoms with van der Waals surface area (Å²) in [5.74, 6) is 0.421. The predicted octanol–water partition coefficient (Wildman–Crippen LogP) is 4.71. The Morgan fingerprint density at radius 1 is 0.833 bits per heavy atom. The number of rotatable bonds is 3. The third-order valence-corrected chi connectivity index (χ3v) is 3.62. The van der Waals surface area contributed by atoms with E-state index in [1.165, 1.54) is 0 Å². The Morgan fingerprint density at radius 2 is 1.54 bits per heavy atom. The molecule has 1 heterocycles. The number of carbonyl (C=O) groups is 1. The van der Waals surface area contributed by atoms with Crippen LogP contribution in [0.3, 0.4) is 0 Å². The third kappa shape index (κ3) is 2.65. The molecule has 0 aliphatic heterocycles. The van der Waals surface area contributed by atoms with Gasteiger partial charge in [-0.2, -0.15) is 0 Å². The number of oxazole rings is 1. The van der Waals surface area contributed by atoms with Gasteiger partial charge in [-0.1, -0.05) is 42.5 Å². The Bertz CT molecular complexity index is 973. The van der Waals surface area contributed by atoms with Crippen LogP contribution in [0.25, 0.3) is 22.6 Å². The molecule has 1 aromatic heterocycles. The molecule has 3 aromatic carbocycles. The van der Waals surface area contributed by atoms with E-state index < -0.39 is 5.97 Å². The van der Waals surface area contributed by atoms with E-state index in [-0.39, 0.29) is 0 Å². The maximum atomic E-state index is 12.3. The average molecular weight is 315 g/mol. The Morgan fingerprint density at radius 3 is 2.38 bits per heavy atom. The molecule has 0 atom stereocenters. The fourth-order valence-electron chi connectivity index (χ4n) is 2.45. The van der Waals surface area contributed by atoms with Crippen LogP contribution in [0.15, 0.2) is 83.3 Å². The van der Waals surface area contributed by atoms with Crippen molar-refractivity contribution in [1.29, 1.82) is 0 Å². The van der Waals surface area contributed by atoms with Gasteiger partial charge in [0, 0.05) is 0 Å². The standard InChI is InChI=1S/C20H13NO3/c22-20(14-8-2-1-3-9-14)24-17-12-6-4-10-15(17)19-21-16-11-5-7-13-18(16)23-19/h1-13H. The lowest BCUT2D eigenvalue weighted by molar-refractivity contribution is 0.0735. The largest absolute Gasteiger partial charge is 0.436 e. The van der Waals surface area contributed by atoms with E-state index in [0.29, 0.717) is 28.4 Å². The van der Waals surface area contributed by atoms with Gasteiger partial charge in [0.2, 0.25) is 5.89 Å². The molecule has 0 radical (unpaired) electrons. The van der Waals surface area contributed by atoms with Crippen molar-refractivity contribution in [2.24, 2.45) is 0 Å². The third-order valence-electron chi connectivity index (χ3n) is 3.62. The normalized spacial score (nSPS) is 10.7. The number of nitrogens with zero attached hydrogens (tertiary/aromatic N) is 1. The summed E-state index contributed by atoms with van der Waals surface area (Å²) >= 11 is 0. The van der Waals surface area contributed by atoms with Crippen LogP contribution < -0.4 is 4.74 Å². The van der Waals surface area contributed by atoms with E-state index in [9.17, 15) is 4.79 Å². The van der Waals surface area contributed by atoms with Gasteiger partial charge < -0.3 is 9.15 Å². The molecule has 0 saturated heterocycles. The van der Waals surface area contributed by atoms with Crippen LogP contribution in [0.1, 0.15) is 10.4 Å². The number of hydrogen-bond donors (Lipinski definition) is 0. The lowest BCUT2D eigenvalue weighted by Crippen LogP contribution is -2.08. The molecular formula is C20H13NO3. The molecule has 0 aliphatic carbocycles. The van der Waals surface area contributed by atoms with Gasteiger partial charge in [0.05, 0.1) is 11.1 Å². The SMILES string of the molecule is O=C(Oc1ccccc1-c1nc2ccccc2o1)c1ccccc1. The second-order valence-electron chi connectivity index (χ2n) is 5.24. The van der Waals surface area contributed by atoms with Crippen molar-refractivity contribution in [1.82, 2.24) is 4.98 Å². The first kappa shape index (κ1) is 14.2. The van der Waals surface area contributed by atoms with Crippen molar-refractivity contribution in [3.8, 4) is 17.2 Å². The number of ether oxygens (including phenoxy) is 1. The minimum absolute atomic E-state index is 0.415. The number of para-hydroxylation sites is 3. The summed E-state index contributed by atoms with van der Waals surface area (Å²) in [5, 5.41) is 0. The Balaban J connectivity index is 1.71. The van der Waals surface area contributed by atoms with E-state index in [4.69, 9.17) is 9.15 Å². The fourth-order valence-corrected chi connectivity index (χ4v) is 2.45. The molecule has 0 spiro atoms. The Hall–Kier alpha value is -3.40. The summed E-state index contributed by atoms with van der Waals surface area (Å²) < 4.78 is 11.3. The van der Waals surface area contributed by atoms with Crippen LogP contribution in [0.2, 0.25) is 0 Å². The number of fused-ring (bicyclic) bond motifs is 1. The van der Waals surface area contributed by atoms with Crippen molar-refractivity contribution in [3.63, 3.8) is 0 Å². The van der Waals surface area contributed by atoms with Crippen LogP contribution in [0, 0.1) is 0 Å². The topological polar surface area (TPSA) is 52.3 Å². The maximum absolute atomic E-state index is 12.3. The van der Waals surface area contributed by atoms with E-state index >= 15 is 0 Å². The first-order valence-corrected chi connectivity index (χ1v) is 7.53. The lowest BCUT2D eigenvalue weighted by Gasteiger charge is -2.07.